The lowest BCUT2D eigenvalue weighted by molar-refractivity contribution is 0.103. The van der Waals surface area contributed by atoms with Crippen molar-refractivity contribution in [3.8, 4) is 0 Å². The van der Waals surface area contributed by atoms with Crippen LogP contribution >= 0.6 is 0 Å². The van der Waals surface area contributed by atoms with Crippen LogP contribution in [0.2, 0.25) is 0 Å². The Kier molecular flexibility index (Phi) is 5.17. The number of nitrogens with one attached hydrogen (secondary N) is 1. The monoisotopic (exact) mass is 351 g/mol. The molecular formula is C22H29N3O. The molecule has 1 unspecified atom stereocenters. The van der Waals surface area contributed by atoms with Crippen molar-refractivity contribution in [2.75, 3.05) is 13.6 Å². The fourth-order valence-corrected chi connectivity index (χ4v) is 3.96. The summed E-state index contributed by atoms with van der Waals surface area (Å²) in [6, 6.07) is 4.44. The molecule has 1 atom stereocenters. The number of aliphatic imine (C=N–C) groups is 1. The highest BCUT2D eigenvalue weighted by molar-refractivity contribution is 5.88. The number of aromatic nitrogens is 1. The van der Waals surface area contributed by atoms with Gasteiger partial charge in [0, 0.05) is 47.9 Å². The quantitative estimate of drug-likeness (QED) is 0.634. The molecule has 1 aromatic heterocycles. The van der Waals surface area contributed by atoms with Crippen LogP contribution in [0, 0.1) is 6.92 Å². The van der Waals surface area contributed by atoms with Crippen molar-refractivity contribution in [1.82, 2.24) is 9.88 Å². The zero-order valence-electron chi connectivity index (χ0n) is 16.3. The van der Waals surface area contributed by atoms with E-state index in [1.807, 2.05) is 26.0 Å². The van der Waals surface area contributed by atoms with Gasteiger partial charge in [-0.1, -0.05) is 23.8 Å². The Morgan fingerprint density at radius 3 is 2.92 bits per heavy atom. The van der Waals surface area contributed by atoms with E-state index in [2.05, 4.69) is 47.7 Å². The van der Waals surface area contributed by atoms with Crippen molar-refractivity contribution < 1.29 is 5.11 Å². The van der Waals surface area contributed by atoms with Gasteiger partial charge in [0.25, 0.3) is 0 Å². The number of H-pyrrole nitrogens is 1. The first-order chi connectivity index (χ1) is 12.4. The number of allylic oxidation sites excluding steroid dienone is 1. The van der Waals surface area contributed by atoms with E-state index in [1.54, 1.807) is 6.20 Å². The van der Waals surface area contributed by atoms with E-state index < -0.39 is 5.60 Å². The summed E-state index contributed by atoms with van der Waals surface area (Å²) >= 11 is 0. The molecule has 0 saturated carbocycles. The lowest BCUT2D eigenvalue weighted by atomic mass is 9.87. The molecule has 26 heavy (non-hydrogen) atoms. The van der Waals surface area contributed by atoms with Gasteiger partial charge >= 0.3 is 0 Å². The topological polar surface area (TPSA) is 51.6 Å². The number of likely N-dealkylation sites (N-methyl/N-ethyl adjacent to an activating group) is 1. The van der Waals surface area contributed by atoms with E-state index >= 15 is 0 Å². The van der Waals surface area contributed by atoms with Crippen molar-refractivity contribution in [3.05, 3.63) is 58.4 Å². The van der Waals surface area contributed by atoms with Crippen molar-refractivity contribution in [2.24, 2.45) is 4.99 Å². The van der Waals surface area contributed by atoms with Crippen molar-refractivity contribution in [1.29, 1.82) is 0 Å². The molecular weight excluding hydrogens is 322 g/mol. The summed E-state index contributed by atoms with van der Waals surface area (Å²) in [5.41, 5.74) is 6.00. The Morgan fingerprint density at radius 2 is 2.23 bits per heavy atom. The van der Waals surface area contributed by atoms with E-state index in [9.17, 15) is 5.11 Å². The molecule has 0 radical (unpaired) electrons. The second kappa shape index (κ2) is 7.22. The molecule has 2 aromatic rings. The number of aryl methyl sites for hydroxylation is 1. The summed E-state index contributed by atoms with van der Waals surface area (Å²) in [7, 11) is 2.15. The molecule has 1 aliphatic heterocycles. The molecule has 4 heteroatoms. The van der Waals surface area contributed by atoms with Crippen LogP contribution in [0.25, 0.3) is 10.9 Å². The summed E-state index contributed by atoms with van der Waals surface area (Å²) in [6.07, 6.45) is 7.04. The molecule has 0 bridgehead atoms. The summed E-state index contributed by atoms with van der Waals surface area (Å²) in [5, 5.41) is 12.5. The molecule has 3 rings (SSSR count). The van der Waals surface area contributed by atoms with Crippen LogP contribution in [0.4, 0.5) is 0 Å². The first kappa shape index (κ1) is 18.6. The number of nitrogens with zero attached hydrogens (tertiary/aromatic N) is 2. The zero-order valence-corrected chi connectivity index (χ0v) is 16.3. The normalized spacial score (nSPS) is 18.3. The Bertz CT molecular complexity index is 886. The maximum Gasteiger partial charge on any atom is 0.0924 e. The Balaban J connectivity index is 2.08. The van der Waals surface area contributed by atoms with Crippen LogP contribution in [-0.4, -0.2) is 40.9 Å². The number of hydrogen-bond donors (Lipinski definition) is 2. The van der Waals surface area contributed by atoms with Gasteiger partial charge < -0.3 is 15.0 Å². The Labute approximate surface area is 155 Å². The molecule has 0 aliphatic carbocycles. The van der Waals surface area contributed by atoms with Crippen LogP contribution in [0.3, 0.4) is 0 Å². The van der Waals surface area contributed by atoms with Gasteiger partial charge in [-0.3, -0.25) is 4.99 Å². The molecule has 0 amide bonds. The van der Waals surface area contributed by atoms with E-state index in [0.717, 1.165) is 36.2 Å². The van der Waals surface area contributed by atoms with Gasteiger partial charge in [0.2, 0.25) is 0 Å². The van der Waals surface area contributed by atoms with Gasteiger partial charge in [0.15, 0.2) is 0 Å². The SMILES string of the molecule is C=NC=C(C=CC)C(C)(O)Cc1cc(C)cc2c3c([nH]c12)CN(C)CC3. The fraction of sp³-hybridized carbons (Fsp3) is 0.409. The number of benzene rings is 1. The molecule has 2 heterocycles. The highest BCUT2D eigenvalue weighted by atomic mass is 16.3. The third kappa shape index (κ3) is 3.53. The highest BCUT2D eigenvalue weighted by Gasteiger charge is 2.27. The molecule has 4 nitrogen and oxygen atoms in total. The van der Waals surface area contributed by atoms with Crippen molar-refractivity contribution in [2.45, 2.75) is 45.8 Å². The predicted octanol–water partition coefficient (Wildman–Crippen LogP) is 3.92. The van der Waals surface area contributed by atoms with Gasteiger partial charge in [-0.2, -0.15) is 0 Å². The van der Waals surface area contributed by atoms with Gasteiger partial charge in [-0.05, 0) is 58.2 Å². The predicted molar refractivity (Wildman–Crippen MR) is 110 cm³/mol. The minimum absolute atomic E-state index is 0.520. The average Bonchev–Trinajstić information content (AvgIpc) is 2.92. The van der Waals surface area contributed by atoms with Crippen LogP contribution in [0.15, 0.2) is 41.1 Å². The smallest absolute Gasteiger partial charge is 0.0924 e. The van der Waals surface area contributed by atoms with Crippen LogP contribution in [0.5, 0.6) is 0 Å². The summed E-state index contributed by atoms with van der Waals surface area (Å²) in [6.45, 7) is 11.5. The Morgan fingerprint density at radius 1 is 1.46 bits per heavy atom. The molecule has 0 fully saturated rings. The zero-order chi connectivity index (χ0) is 18.9. The fourth-order valence-electron chi connectivity index (χ4n) is 3.96. The van der Waals surface area contributed by atoms with Crippen molar-refractivity contribution >= 4 is 17.6 Å². The van der Waals surface area contributed by atoms with E-state index in [1.165, 1.54) is 22.2 Å². The highest BCUT2D eigenvalue weighted by Crippen LogP contribution is 2.33. The second-order valence-corrected chi connectivity index (χ2v) is 7.63. The van der Waals surface area contributed by atoms with E-state index in [4.69, 9.17) is 0 Å². The lowest BCUT2D eigenvalue weighted by Gasteiger charge is -2.25. The molecule has 2 N–H and O–H groups in total. The lowest BCUT2D eigenvalue weighted by Crippen LogP contribution is -2.29. The van der Waals surface area contributed by atoms with E-state index in [-0.39, 0.29) is 0 Å². The number of aliphatic hydroxyl groups is 1. The van der Waals surface area contributed by atoms with E-state index in [0.29, 0.717) is 6.42 Å². The minimum atomic E-state index is -1.02. The maximum absolute atomic E-state index is 11.2. The van der Waals surface area contributed by atoms with Gasteiger partial charge in [0.05, 0.1) is 5.60 Å². The summed E-state index contributed by atoms with van der Waals surface area (Å²) in [5.74, 6) is 0. The summed E-state index contributed by atoms with van der Waals surface area (Å²) in [4.78, 5) is 9.85. The molecule has 1 aromatic carbocycles. The van der Waals surface area contributed by atoms with Gasteiger partial charge in [-0.15, -0.1) is 0 Å². The Hall–Kier alpha value is -2.17. The van der Waals surface area contributed by atoms with Crippen LogP contribution in [-0.2, 0) is 19.4 Å². The first-order valence-electron chi connectivity index (χ1n) is 9.18. The third-order valence-corrected chi connectivity index (χ3v) is 5.23. The second-order valence-electron chi connectivity index (χ2n) is 7.63. The van der Waals surface area contributed by atoms with Gasteiger partial charge in [0.1, 0.15) is 0 Å². The number of hydrogen-bond acceptors (Lipinski definition) is 3. The molecule has 0 spiro atoms. The maximum atomic E-state index is 11.2. The molecule has 1 aliphatic rings. The average molecular weight is 351 g/mol. The molecule has 0 saturated heterocycles. The van der Waals surface area contributed by atoms with Gasteiger partial charge in [-0.25, -0.2) is 0 Å². The standard InChI is InChI=1S/C22H29N3O/c1-6-7-17(13-23-4)22(3,26)12-16-10-15(2)11-19-18-8-9-25(5)14-20(18)24-21(16)19/h6-7,10-11,13,24,26H,4,8-9,12,14H2,1-3,5H3. The first-order valence-corrected chi connectivity index (χ1v) is 9.18. The van der Waals surface area contributed by atoms with Crippen LogP contribution < -0.4 is 0 Å². The van der Waals surface area contributed by atoms with Crippen molar-refractivity contribution in [3.63, 3.8) is 0 Å². The summed E-state index contributed by atoms with van der Waals surface area (Å²) < 4.78 is 0. The number of rotatable bonds is 5. The number of fused-ring (bicyclic) bond motifs is 3. The number of aromatic amines is 1. The largest absolute Gasteiger partial charge is 0.385 e. The van der Waals surface area contributed by atoms with Crippen LogP contribution in [0.1, 0.15) is 36.2 Å². The third-order valence-electron chi connectivity index (χ3n) is 5.23. The minimum Gasteiger partial charge on any atom is -0.385 e. The molecule has 138 valence electrons.